The third kappa shape index (κ3) is 8.33. The molecular weight excluding hydrogens is 538 g/mol. The third-order valence-corrected chi connectivity index (χ3v) is 8.64. The number of nitrogens with zero attached hydrogens (tertiary/aromatic N) is 2. The Morgan fingerprint density at radius 3 is 2.15 bits per heavy atom. The van der Waals surface area contributed by atoms with Crippen molar-refractivity contribution >= 4 is 27.5 Å². The van der Waals surface area contributed by atoms with Crippen LogP contribution in [0.15, 0.2) is 78.9 Å². The Morgan fingerprint density at radius 2 is 1.51 bits per heavy atom. The van der Waals surface area contributed by atoms with Crippen LogP contribution in [-0.2, 0) is 26.2 Å². The molecule has 0 radical (unpaired) electrons. The minimum atomic E-state index is -3.82. The molecule has 0 aliphatic heterocycles. The van der Waals surface area contributed by atoms with E-state index in [0.29, 0.717) is 17.2 Å². The summed E-state index contributed by atoms with van der Waals surface area (Å²) in [7, 11) is -3.82. The number of rotatable bonds is 11. The number of carbonyl (C=O) groups is 2. The van der Waals surface area contributed by atoms with Gasteiger partial charge in [-0.25, -0.2) is 8.42 Å². The molecule has 1 aliphatic rings. The van der Waals surface area contributed by atoms with Crippen molar-refractivity contribution < 1.29 is 22.7 Å². The number of carbonyl (C=O) groups excluding carboxylic acids is 2. The minimum Gasteiger partial charge on any atom is -0.457 e. The Kier molecular flexibility index (Phi) is 10.0. The van der Waals surface area contributed by atoms with Gasteiger partial charge in [0.1, 0.15) is 24.1 Å². The first-order valence-electron chi connectivity index (χ1n) is 14.1. The second kappa shape index (κ2) is 13.7. The fourth-order valence-electron chi connectivity index (χ4n) is 5.04. The summed E-state index contributed by atoms with van der Waals surface area (Å²) in [6.07, 6.45) is 6.24. The largest absolute Gasteiger partial charge is 0.457 e. The molecule has 3 aromatic carbocycles. The van der Waals surface area contributed by atoms with Crippen LogP contribution < -0.4 is 14.4 Å². The first kappa shape index (κ1) is 30.1. The molecule has 3 aromatic rings. The predicted molar refractivity (Wildman–Crippen MR) is 161 cm³/mol. The normalized spacial score (nSPS) is 14.6. The summed E-state index contributed by atoms with van der Waals surface area (Å²) in [5, 5.41) is 3.12. The average molecular weight is 578 g/mol. The highest BCUT2D eigenvalue weighted by molar-refractivity contribution is 7.92. The molecule has 1 atom stereocenters. The van der Waals surface area contributed by atoms with Gasteiger partial charge in [0.2, 0.25) is 21.8 Å². The van der Waals surface area contributed by atoms with E-state index >= 15 is 0 Å². The van der Waals surface area contributed by atoms with Gasteiger partial charge in [0, 0.05) is 12.6 Å². The van der Waals surface area contributed by atoms with Crippen LogP contribution in [0.1, 0.15) is 50.2 Å². The number of ether oxygens (including phenoxy) is 1. The summed E-state index contributed by atoms with van der Waals surface area (Å²) in [6, 6.07) is 22.8. The van der Waals surface area contributed by atoms with Gasteiger partial charge in [0.05, 0.1) is 11.9 Å². The second-order valence-electron chi connectivity index (χ2n) is 10.6. The number of anilines is 1. The van der Waals surface area contributed by atoms with E-state index in [-0.39, 0.29) is 18.5 Å². The molecule has 1 fully saturated rings. The molecule has 1 saturated carbocycles. The number of sulfonamides is 1. The third-order valence-electron chi connectivity index (χ3n) is 7.50. The number of para-hydroxylation sites is 1. The molecule has 218 valence electrons. The molecule has 1 aliphatic carbocycles. The lowest BCUT2D eigenvalue weighted by molar-refractivity contribution is -0.139. The molecule has 8 nitrogen and oxygen atoms in total. The smallest absolute Gasteiger partial charge is 0.244 e. The van der Waals surface area contributed by atoms with Crippen molar-refractivity contribution in [2.24, 2.45) is 0 Å². The fourth-order valence-corrected chi connectivity index (χ4v) is 5.89. The first-order chi connectivity index (χ1) is 19.6. The number of hydrogen-bond donors (Lipinski definition) is 1. The van der Waals surface area contributed by atoms with Crippen LogP contribution in [0, 0.1) is 6.92 Å². The molecule has 2 amide bonds. The molecule has 1 N–H and O–H groups in total. The van der Waals surface area contributed by atoms with Gasteiger partial charge in [-0.2, -0.15) is 0 Å². The molecule has 9 heteroatoms. The number of amides is 2. The van der Waals surface area contributed by atoms with E-state index in [9.17, 15) is 18.0 Å². The van der Waals surface area contributed by atoms with Gasteiger partial charge in [-0.3, -0.25) is 13.9 Å². The van der Waals surface area contributed by atoms with E-state index in [4.69, 9.17) is 4.74 Å². The average Bonchev–Trinajstić information content (AvgIpc) is 2.96. The van der Waals surface area contributed by atoms with Crippen molar-refractivity contribution in [3.63, 3.8) is 0 Å². The van der Waals surface area contributed by atoms with Crippen LogP contribution in [-0.4, -0.2) is 50.0 Å². The number of benzene rings is 3. The molecule has 0 heterocycles. The molecule has 0 saturated heterocycles. The highest BCUT2D eigenvalue weighted by Crippen LogP contribution is 2.26. The van der Waals surface area contributed by atoms with Crippen molar-refractivity contribution in [1.82, 2.24) is 10.2 Å². The van der Waals surface area contributed by atoms with Gasteiger partial charge in [0.15, 0.2) is 0 Å². The topological polar surface area (TPSA) is 96.0 Å². The second-order valence-corrected chi connectivity index (χ2v) is 12.6. The maximum Gasteiger partial charge on any atom is 0.244 e. The Hall–Kier alpha value is -3.85. The highest BCUT2D eigenvalue weighted by atomic mass is 32.2. The maximum atomic E-state index is 13.9. The maximum absolute atomic E-state index is 13.9. The van der Waals surface area contributed by atoms with Crippen LogP contribution in [0.3, 0.4) is 0 Å². The molecule has 0 aromatic heterocycles. The van der Waals surface area contributed by atoms with Crippen LogP contribution in [0.2, 0.25) is 0 Å². The molecule has 0 unspecified atom stereocenters. The van der Waals surface area contributed by atoms with E-state index < -0.39 is 28.5 Å². The summed E-state index contributed by atoms with van der Waals surface area (Å²) < 4.78 is 32.7. The Bertz CT molecular complexity index is 1420. The molecular formula is C32H39N3O5S. The van der Waals surface area contributed by atoms with Crippen molar-refractivity contribution in [2.45, 2.75) is 64.6 Å². The van der Waals surface area contributed by atoms with E-state index in [1.807, 2.05) is 61.5 Å². The lowest BCUT2D eigenvalue weighted by Crippen LogP contribution is -2.53. The summed E-state index contributed by atoms with van der Waals surface area (Å²) in [4.78, 5) is 28.7. The van der Waals surface area contributed by atoms with E-state index in [2.05, 4.69) is 5.32 Å². The summed E-state index contributed by atoms with van der Waals surface area (Å²) in [5.74, 6) is 0.499. The number of hydrogen-bond acceptors (Lipinski definition) is 5. The zero-order valence-electron chi connectivity index (χ0n) is 24.0. The zero-order valence-corrected chi connectivity index (χ0v) is 24.8. The standard InChI is InChI=1S/C32H39N3O5S/c1-24-12-10-11-13-26(24)22-34(25(2)32(37)33-27-14-6-4-7-15-27)31(36)23-35(41(3,38)39)28-18-20-30(21-19-28)40-29-16-8-5-9-17-29/h5,8-13,16-21,25,27H,4,6-7,14-15,22-23H2,1-3H3,(H,33,37)/t25-/m1/s1. The van der Waals surface area contributed by atoms with Gasteiger partial charge >= 0.3 is 0 Å². The summed E-state index contributed by atoms with van der Waals surface area (Å²) in [6.45, 7) is 3.40. The minimum absolute atomic E-state index is 0.0956. The molecule has 0 spiro atoms. The number of aryl methyl sites for hydroxylation is 1. The predicted octanol–water partition coefficient (Wildman–Crippen LogP) is 5.42. The van der Waals surface area contributed by atoms with Gasteiger partial charge in [0.25, 0.3) is 0 Å². The quantitative estimate of drug-likeness (QED) is 0.328. The molecule has 4 rings (SSSR count). The van der Waals surface area contributed by atoms with Crippen LogP contribution >= 0.6 is 0 Å². The van der Waals surface area contributed by atoms with Gasteiger partial charge < -0.3 is 15.0 Å². The first-order valence-corrected chi connectivity index (χ1v) is 15.9. The van der Waals surface area contributed by atoms with Crippen molar-refractivity contribution in [3.8, 4) is 11.5 Å². The summed E-state index contributed by atoms with van der Waals surface area (Å²) >= 11 is 0. The zero-order chi connectivity index (χ0) is 29.4. The van der Waals surface area contributed by atoms with Gasteiger partial charge in [-0.1, -0.05) is 61.7 Å². The summed E-state index contributed by atoms with van der Waals surface area (Å²) in [5.41, 5.74) is 2.21. The Balaban J connectivity index is 1.55. The Morgan fingerprint density at radius 1 is 0.902 bits per heavy atom. The SMILES string of the molecule is Cc1ccccc1CN(C(=O)CN(c1ccc(Oc2ccccc2)cc1)S(C)(=O)=O)[C@H](C)C(=O)NC1CCCCC1. The molecule has 41 heavy (non-hydrogen) atoms. The Labute approximate surface area is 243 Å². The van der Waals surface area contributed by atoms with E-state index in [0.717, 1.165) is 47.4 Å². The highest BCUT2D eigenvalue weighted by Gasteiger charge is 2.31. The van der Waals surface area contributed by atoms with Gasteiger partial charge in [-0.05, 0) is 74.2 Å². The van der Waals surface area contributed by atoms with Crippen molar-refractivity contribution in [3.05, 3.63) is 90.0 Å². The van der Waals surface area contributed by atoms with E-state index in [1.54, 1.807) is 31.2 Å². The van der Waals surface area contributed by atoms with Gasteiger partial charge in [-0.15, -0.1) is 0 Å². The number of nitrogens with one attached hydrogen (secondary N) is 1. The molecule has 0 bridgehead atoms. The lowest BCUT2D eigenvalue weighted by Gasteiger charge is -2.33. The van der Waals surface area contributed by atoms with Crippen LogP contribution in [0.4, 0.5) is 5.69 Å². The van der Waals surface area contributed by atoms with Crippen molar-refractivity contribution in [1.29, 1.82) is 0 Å². The van der Waals surface area contributed by atoms with Crippen LogP contribution in [0.25, 0.3) is 0 Å². The monoisotopic (exact) mass is 577 g/mol. The van der Waals surface area contributed by atoms with Crippen molar-refractivity contribution in [2.75, 3.05) is 17.1 Å². The van der Waals surface area contributed by atoms with E-state index in [1.165, 1.54) is 11.3 Å². The lowest BCUT2D eigenvalue weighted by atomic mass is 9.95. The fraction of sp³-hybridized carbons (Fsp3) is 0.375. The van der Waals surface area contributed by atoms with Crippen LogP contribution in [0.5, 0.6) is 11.5 Å².